The van der Waals surface area contributed by atoms with E-state index in [-0.39, 0.29) is 10.8 Å². The number of rotatable bonds is 3. The fourth-order valence-corrected chi connectivity index (χ4v) is 2.52. The van der Waals surface area contributed by atoms with Crippen molar-refractivity contribution in [3.05, 3.63) is 16.1 Å². The molecule has 0 aliphatic rings. The number of aromatic nitrogens is 1. The number of nitrogens with zero attached hydrogens (tertiary/aromatic N) is 1. The molecule has 0 aromatic carbocycles. The van der Waals surface area contributed by atoms with Gasteiger partial charge in [0.15, 0.2) is 0 Å². The maximum absolute atomic E-state index is 5.62. The van der Waals surface area contributed by atoms with Crippen LogP contribution in [0.5, 0.6) is 0 Å². The second-order valence-electron chi connectivity index (χ2n) is 5.71. The van der Waals surface area contributed by atoms with Gasteiger partial charge in [-0.25, -0.2) is 4.98 Å². The number of nitrogens with two attached hydrogens (primary N) is 1. The zero-order chi connectivity index (χ0) is 11.7. The first-order valence-electron chi connectivity index (χ1n) is 5.44. The second-order valence-corrected chi connectivity index (χ2v) is 6.57. The maximum Gasteiger partial charge on any atom is 0.0982 e. The Balaban J connectivity index is 2.94. The molecular formula is C12H22N2S. The molecule has 0 atom stereocenters. The minimum absolute atomic E-state index is 0.106. The van der Waals surface area contributed by atoms with Crippen LogP contribution in [0.15, 0.2) is 5.38 Å². The van der Waals surface area contributed by atoms with Gasteiger partial charge in [0.05, 0.1) is 10.7 Å². The first-order chi connectivity index (χ1) is 6.77. The van der Waals surface area contributed by atoms with Crippen LogP contribution >= 0.6 is 11.3 Å². The van der Waals surface area contributed by atoms with E-state index in [0.717, 1.165) is 13.0 Å². The van der Waals surface area contributed by atoms with Crippen LogP contribution in [0.1, 0.15) is 51.7 Å². The molecule has 0 saturated heterocycles. The van der Waals surface area contributed by atoms with Crippen LogP contribution in [0.3, 0.4) is 0 Å². The summed E-state index contributed by atoms with van der Waals surface area (Å²) < 4.78 is 0. The molecule has 15 heavy (non-hydrogen) atoms. The molecule has 2 nitrogen and oxygen atoms in total. The highest BCUT2D eigenvalue weighted by molar-refractivity contribution is 7.09. The fourth-order valence-electron chi connectivity index (χ4n) is 1.42. The van der Waals surface area contributed by atoms with Crippen LogP contribution in [0.25, 0.3) is 0 Å². The standard InChI is InChI=1S/C12H22N2S/c1-11(2,3)10-14-9(8-15-10)12(4,5)6-7-13/h8H,6-7,13H2,1-5H3. The molecule has 0 saturated carbocycles. The highest BCUT2D eigenvalue weighted by Gasteiger charge is 2.25. The third-order valence-electron chi connectivity index (χ3n) is 2.61. The van der Waals surface area contributed by atoms with E-state index in [1.54, 1.807) is 11.3 Å². The van der Waals surface area contributed by atoms with Crippen molar-refractivity contribution in [2.24, 2.45) is 5.73 Å². The molecular weight excluding hydrogens is 204 g/mol. The predicted molar refractivity (Wildman–Crippen MR) is 67.5 cm³/mol. The molecule has 3 heteroatoms. The molecule has 0 radical (unpaired) electrons. The van der Waals surface area contributed by atoms with Gasteiger partial charge in [0, 0.05) is 16.2 Å². The normalized spacial score (nSPS) is 13.2. The molecule has 0 fully saturated rings. The van der Waals surface area contributed by atoms with Crippen LogP contribution in [-0.4, -0.2) is 11.5 Å². The smallest absolute Gasteiger partial charge is 0.0982 e. The van der Waals surface area contributed by atoms with Crippen LogP contribution in [0.4, 0.5) is 0 Å². The molecule has 0 bridgehead atoms. The van der Waals surface area contributed by atoms with Crippen molar-refractivity contribution < 1.29 is 0 Å². The van der Waals surface area contributed by atoms with E-state index in [1.807, 2.05) is 0 Å². The Kier molecular flexibility index (Phi) is 3.56. The van der Waals surface area contributed by atoms with Gasteiger partial charge in [0.1, 0.15) is 0 Å². The molecule has 86 valence electrons. The van der Waals surface area contributed by atoms with Crippen LogP contribution in [0, 0.1) is 0 Å². The predicted octanol–water partition coefficient (Wildman–Crippen LogP) is 3.07. The van der Waals surface area contributed by atoms with Gasteiger partial charge in [-0.1, -0.05) is 34.6 Å². The highest BCUT2D eigenvalue weighted by Crippen LogP contribution is 2.32. The lowest BCUT2D eigenvalue weighted by atomic mass is 9.86. The van der Waals surface area contributed by atoms with E-state index in [9.17, 15) is 0 Å². The Hall–Kier alpha value is -0.410. The Labute approximate surface area is 96.9 Å². The summed E-state index contributed by atoms with van der Waals surface area (Å²) in [6, 6.07) is 0. The molecule has 0 unspecified atom stereocenters. The summed E-state index contributed by atoms with van der Waals surface area (Å²) in [6.45, 7) is 11.7. The van der Waals surface area contributed by atoms with Gasteiger partial charge < -0.3 is 5.73 Å². The average Bonchev–Trinajstić information content (AvgIpc) is 2.50. The molecule has 1 rings (SSSR count). The van der Waals surface area contributed by atoms with Gasteiger partial charge in [0.2, 0.25) is 0 Å². The van der Waals surface area contributed by atoms with Crippen molar-refractivity contribution in [1.82, 2.24) is 4.98 Å². The van der Waals surface area contributed by atoms with Crippen LogP contribution < -0.4 is 5.73 Å². The minimum Gasteiger partial charge on any atom is -0.330 e. The van der Waals surface area contributed by atoms with E-state index in [4.69, 9.17) is 10.7 Å². The van der Waals surface area contributed by atoms with Gasteiger partial charge >= 0.3 is 0 Å². The van der Waals surface area contributed by atoms with Crippen LogP contribution in [0.2, 0.25) is 0 Å². The van der Waals surface area contributed by atoms with Crippen molar-refractivity contribution in [2.45, 2.75) is 51.9 Å². The Morgan fingerprint density at radius 1 is 1.27 bits per heavy atom. The second kappa shape index (κ2) is 4.22. The summed E-state index contributed by atoms with van der Waals surface area (Å²) in [6.07, 6.45) is 0.986. The minimum atomic E-state index is 0.106. The number of thiazole rings is 1. The van der Waals surface area contributed by atoms with E-state index in [1.165, 1.54) is 10.7 Å². The van der Waals surface area contributed by atoms with Gasteiger partial charge in [0.25, 0.3) is 0 Å². The first kappa shape index (κ1) is 12.7. The van der Waals surface area contributed by atoms with E-state index in [0.29, 0.717) is 0 Å². The Morgan fingerprint density at radius 3 is 2.27 bits per heavy atom. The van der Waals surface area contributed by atoms with E-state index in [2.05, 4.69) is 40.0 Å². The summed E-state index contributed by atoms with van der Waals surface area (Å²) in [4.78, 5) is 4.73. The monoisotopic (exact) mass is 226 g/mol. The lowest BCUT2D eigenvalue weighted by Gasteiger charge is -2.21. The molecule has 0 aliphatic carbocycles. The summed E-state index contributed by atoms with van der Waals surface area (Å²) in [5.74, 6) is 0. The zero-order valence-electron chi connectivity index (χ0n) is 10.4. The SMILES string of the molecule is CC(C)(C)c1nc(C(C)(C)CCN)cs1. The Morgan fingerprint density at radius 2 is 1.87 bits per heavy atom. The third-order valence-corrected chi connectivity index (χ3v) is 3.88. The molecule has 0 amide bonds. The fraction of sp³-hybridized carbons (Fsp3) is 0.750. The lowest BCUT2D eigenvalue weighted by molar-refractivity contribution is 0.470. The number of hydrogen-bond donors (Lipinski definition) is 1. The molecule has 2 N–H and O–H groups in total. The van der Waals surface area contributed by atoms with Crippen LogP contribution in [-0.2, 0) is 10.8 Å². The third kappa shape index (κ3) is 3.02. The molecule has 1 heterocycles. The first-order valence-corrected chi connectivity index (χ1v) is 6.32. The topological polar surface area (TPSA) is 38.9 Å². The van der Waals surface area contributed by atoms with Crippen molar-refractivity contribution in [1.29, 1.82) is 0 Å². The number of hydrogen-bond acceptors (Lipinski definition) is 3. The molecule has 0 aliphatic heterocycles. The summed E-state index contributed by atoms with van der Waals surface area (Å²) in [5, 5.41) is 3.39. The van der Waals surface area contributed by atoms with Crippen molar-refractivity contribution in [3.8, 4) is 0 Å². The van der Waals surface area contributed by atoms with Gasteiger partial charge in [-0.2, -0.15) is 0 Å². The summed E-state index contributed by atoms with van der Waals surface area (Å²) in [5.41, 5.74) is 7.06. The Bertz CT molecular complexity index is 321. The van der Waals surface area contributed by atoms with Crippen molar-refractivity contribution in [2.75, 3.05) is 6.54 Å². The van der Waals surface area contributed by atoms with E-state index >= 15 is 0 Å². The van der Waals surface area contributed by atoms with E-state index < -0.39 is 0 Å². The van der Waals surface area contributed by atoms with Crippen molar-refractivity contribution in [3.63, 3.8) is 0 Å². The highest BCUT2D eigenvalue weighted by atomic mass is 32.1. The molecule has 0 spiro atoms. The maximum atomic E-state index is 5.62. The average molecular weight is 226 g/mol. The molecule has 1 aromatic heterocycles. The lowest BCUT2D eigenvalue weighted by Crippen LogP contribution is -2.22. The largest absolute Gasteiger partial charge is 0.330 e. The quantitative estimate of drug-likeness (QED) is 0.860. The summed E-state index contributed by atoms with van der Waals surface area (Å²) in [7, 11) is 0. The van der Waals surface area contributed by atoms with Gasteiger partial charge in [-0.15, -0.1) is 11.3 Å². The summed E-state index contributed by atoms with van der Waals surface area (Å²) >= 11 is 1.76. The zero-order valence-corrected chi connectivity index (χ0v) is 11.2. The van der Waals surface area contributed by atoms with Gasteiger partial charge in [-0.05, 0) is 13.0 Å². The van der Waals surface area contributed by atoms with Gasteiger partial charge in [-0.3, -0.25) is 0 Å². The van der Waals surface area contributed by atoms with Crippen molar-refractivity contribution >= 4 is 11.3 Å². The molecule has 1 aromatic rings.